The van der Waals surface area contributed by atoms with Crippen LogP contribution in [0.25, 0.3) is 10.9 Å². The highest BCUT2D eigenvalue weighted by Gasteiger charge is 2.44. The zero-order valence-electron chi connectivity index (χ0n) is 17.5. The van der Waals surface area contributed by atoms with Gasteiger partial charge in [-0.1, -0.05) is 61.4 Å². The first-order valence-corrected chi connectivity index (χ1v) is 10.4. The average molecular weight is 388 g/mol. The number of benzene rings is 2. The number of likely N-dealkylation sites (N-methyl/N-ethyl adjacent to an activating group) is 1. The number of nitrogens with zero attached hydrogens (tertiary/aromatic N) is 2. The van der Waals surface area contributed by atoms with Crippen LogP contribution in [-0.4, -0.2) is 35.4 Å². The van der Waals surface area contributed by atoms with E-state index in [0.717, 1.165) is 40.4 Å². The lowest BCUT2D eigenvalue weighted by Crippen LogP contribution is -2.53. The van der Waals surface area contributed by atoms with E-state index in [2.05, 4.69) is 53.6 Å². The lowest BCUT2D eigenvalue weighted by Gasteiger charge is -2.44. The number of hydrogen-bond donors (Lipinski definition) is 1. The van der Waals surface area contributed by atoms with Gasteiger partial charge in [-0.2, -0.15) is 0 Å². The molecular formula is C25H29N3O. The highest BCUT2D eigenvalue weighted by Crippen LogP contribution is 2.43. The van der Waals surface area contributed by atoms with Crippen LogP contribution in [0, 0.1) is 6.92 Å². The van der Waals surface area contributed by atoms with Crippen molar-refractivity contribution in [2.75, 3.05) is 14.1 Å². The summed E-state index contributed by atoms with van der Waals surface area (Å²) in [4.78, 5) is 20.4. The lowest BCUT2D eigenvalue weighted by molar-refractivity contribution is 0.0767. The number of fused-ring (bicyclic) bond motifs is 1. The Hall–Kier alpha value is -2.72. The Bertz CT molecular complexity index is 1010. The predicted octanol–water partition coefficient (Wildman–Crippen LogP) is 4.89. The second-order valence-corrected chi connectivity index (χ2v) is 8.36. The summed E-state index contributed by atoms with van der Waals surface area (Å²) in [6, 6.07) is 18.2. The van der Waals surface area contributed by atoms with E-state index in [1.54, 1.807) is 6.20 Å². The second-order valence-electron chi connectivity index (χ2n) is 8.36. The molecule has 4 rings (SSSR count). The third-order valence-corrected chi connectivity index (χ3v) is 6.50. The minimum absolute atomic E-state index is 0.0249. The van der Waals surface area contributed by atoms with Crippen LogP contribution in [0.5, 0.6) is 0 Å². The van der Waals surface area contributed by atoms with E-state index in [1.807, 2.05) is 37.3 Å². The molecule has 1 saturated carbocycles. The first-order valence-electron chi connectivity index (χ1n) is 10.4. The molecule has 0 radical (unpaired) electrons. The summed E-state index contributed by atoms with van der Waals surface area (Å²) >= 11 is 0. The summed E-state index contributed by atoms with van der Waals surface area (Å²) in [6.07, 6.45) is 6.33. The molecule has 2 aromatic carbocycles. The molecule has 4 heteroatoms. The molecule has 0 bridgehead atoms. The minimum Gasteiger partial charge on any atom is -0.343 e. The number of amides is 1. The van der Waals surface area contributed by atoms with Crippen molar-refractivity contribution in [2.24, 2.45) is 0 Å². The van der Waals surface area contributed by atoms with Gasteiger partial charge >= 0.3 is 0 Å². The SMILES string of the molecule is Cc1cnc2ccccc2c1C(=O)NC(c1ccccc1)C1(N(C)C)CCCC1. The molecule has 3 aromatic rings. The maximum atomic E-state index is 13.6. The Morgan fingerprint density at radius 2 is 1.69 bits per heavy atom. The zero-order chi connectivity index (χ0) is 20.4. The van der Waals surface area contributed by atoms with E-state index >= 15 is 0 Å². The van der Waals surface area contributed by atoms with Crippen LogP contribution in [0.15, 0.2) is 60.8 Å². The molecule has 29 heavy (non-hydrogen) atoms. The molecule has 0 saturated heterocycles. The maximum Gasteiger partial charge on any atom is 0.252 e. The van der Waals surface area contributed by atoms with Gasteiger partial charge in [-0.25, -0.2) is 0 Å². The van der Waals surface area contributed by atoms with Crippen molar-refractivity contribution in [1.29, 1.82) is 0 Å². The molecular weight excluding hydrogens is 358 g/mol. The molecule has 1 aliphatic carbocycles. The Kier molecular flexibility index (Phi) is 5.37. The van der Waals surface area contributed by atoms with Crippen LogP contribution in [0.4, 0.5) is 0 Å². The molecule has 1 unspecified atom stereocenters. The number of aryl methyl sites for hydroxylation is 1. The second kappa shape index (κ2) is 7.96. The van der Waals surface area contributed by atoms with Gasteiger partial charge in [0.1, 0.15) is 0 Å². The molecule has 1 heterocycles. The number of pyridine rings is 1. The Morgan fingerprint density at radius 3 is 2.38 bits per heavy atom. The third-order valence-electron chi connectivity index (χ3n) is 6.50. The van der Waals surface area contributed by atoms with Gasteiger partial charge in [0.05, 0.1) is 17.1 Å². The van der Waals surface area contributed by atoms with E-state index in [9.17, 15) is 4.79 Å². The summed E-state index contributed by atoms with van der Waals surface area (Å²) < 4.78 is 0. The first-order chi connectivity index (χ1) is 14.0. The van der Waals surface area contributed by atoms with Crippen LogP contribution in [-0.2, 0) is 0 Å². The van der Waals surface area contributed by atoms with Gasteiger partial charge in [0.2, 0.25) is 0 Å². The molecule has 1 amide bonds. The van der Waals surface area contributed by atoms with Crippen molar-refractivity contribution in [3.05, 3.63) is 77.5 Å². The van der Waals surface area contributed by atoms with Gasteiger partial charge in [0.15, 0.2) is 0 Å². The van der Waals surface area contributed by atoms with Gasteiger partial charge in [-0.3, -0.25) is 9.78 Å². The third kappa shape index (κ3) is 3.53. The number of aromatic nitrogens is 1. The molecule has 150 valence electrons. The molecule has 0 spiro atoms. The Balaban J connectivity index is 1.78. The van der Waals surface area contributed by atoms with Gasteiger partial charge < -0.3 is 10.2 Å². The quantitative estimate of drug-likeness (QED) is 0.678. The summed E-state index contributed by atoms with van der Waals surface area (Å²) in [5.74, 6) is -0.0249. The Labute approximate surface area is 173 Å². The van der Waals surface area contributed by atoms with Crippen molar-refractivity contribution in [3.63, 3.8) is 0 Å². The standard InChI is InChI=1S/C25H29N3O/c1-18-17-26-21-14-8-7-13-20(21)22(18)24(29)27-23(19-11-5-4-6-12-19)25(28(2)3)15-9-10-16-25/h4-8,11-14,17,23H,9-10,15-16H2,1-3H3,(H,27,29). The molecule has 1 aromatic heterocycles. The normalized spacial score (nSPS) is 16.8. The average Bonchev–Trinajstić information content (AvgIpc) is 3.23. The first kappa shape index (κ1) is 19.6. The smallest absolute Gasteiger partial charge is 0.252 e. The van der Waals surface area contributed by atoms with E-state index in [-0.39, 0.29) is 17.5 Å². The highest BCUT2D eigenvalue weighted by atomic mass is 16.1. The lowest BCUT2D eigenvalue weighted by atomic mass is 9.82. The van der Waals surface area contributed by atoms with Crippen molar-refractivity contribution in [2.45, 2.75) is 44.2 Å². The van der Waals surface area contributed by atoms with Crippen LogP contribution >= 0.6 is 0 Å². The Morgan fingerprint density at radius 1 is 1.03 bits per heavy atom. The van der Waals surface area contributed by atoms with Gasteiger partial charge in [-0.15, -0.1) is 0 Å². The van der Waals surface area contributed by atoms with E-state index < -0.39 is 0 Å². The summed E-state index contributed by atoms with van der Waals surface area (Å²) in [5.41, 5.74) is 3.56. The van der Waals surface area contributed by atoms with E-state index in [1.165, 1.54) is 12.8 Å². The molecule has 4 nitrogen and oxygen atoms in total. The molecule has 1 N–H and O–H groups in total. The van der Waals surface area contributed by atoms with E-state index in [0.29, 0.717) is 0 Å². The van der Waals surface area contributed by atoms with E-state index in [4.69, 9.17) is 0 Å². The number of rotatable bonds is 5. The van der Waals surface area contributed by atoms with Gasteiger partial charge in [-0.05, 0) is 51.1 Å². The van der Waals surface area contributed by atoms with Crippen LogP contribution in [0.3, 0.4) is 0 Å². The highest BCUT2D eigenvalue weighted by molar-refractivity contribution is 6.07. The fourth-order valence-electron chi connectivity index (χ4n) is 4.90. The number of para-hydroxylation sites is 1. The van der Waals surface area contributed by atoms with Gasteiger partial charge in [0.25, 0.3) is 5.91 Å². The maximum absolute atomic E-state index is 13.6. The number of carbonyl (C=O) groups excluding carboxylic acids is 1. The van der Waals surface area contributed by atoms with Crippen molar-refractivity contribution in [1.82, 2.24) is 15.2 Å². The summed E-state index contributed by atoms with van der Waals surface area (Å²) in [7, 11) is 4.28. The topological polar surface area (TPSA) is 45.2 Å². The predicted molar refractivity (Wildman–Crippen MR) is 118 cm³/mol. The zero-order valence-corrected chi connectivity index (χ0v) is 17.5. The monoisotopic (exact) mass is 387 g/mol. The number of carbonyl (C=O) groups is 1. The molecule has 1 atom stereocenters. The fraction of sp³-hybridized carbons (Fsp3) is 0.360. The largest absolute Gasteiger partial charge is 0.343 e. The molecule has 0 aliphatic heterocycles. The van der Waals surface area contributed by atoms with Crippen molar-refractivity contribution < 1.29 is 4.79 Å². The summed E-state index contributed by atoms with van der Waals surface area (Å²) in [6.45, 7) is 1.96. The molecule has 1 aliphatic rings. The van der Waals surface area contributed by atoms with Gasteiger partial charge in [0, 0.05) is 17.1 Å². The van der Waals surface area contributed by atoms with Crippen LogP contribution in [0.2, 0.25) is 0 Å². The number of hydrogen-bond acceptors (Lipinski definition) is 3. The molecule has 1 fully saturated rings. The van der Waals surface area contributed by atoms with Crippen molar-refractivity contribution >= 4 is 16.8 Å². The van der Waals surface area contributed by atoms with Crippen LogP contribution in [0.1, 0.15) is 53.2 Å². The fourth-order valence-corrected chi connectivity index (χ4v) is 4.90. The van der Waals surface area contributed by atoms with Crippen molar-refractivity contribution in [3.8, 4) is 0 Å². The number of nitrogens with one attached hydrogen (secondary N) is 1. The van der Waals surface area contributed by atoms with Crippen LogP contribution < -0.4 is 5.32 Å². The minimum atomic E-state index is -0.0756. The summed E-state index contributed by atoms with van der Waals surface area (Å²) in [5, 5.41) is 4.34.